The molecule has 2 aromatic heterocycles. The number of hydrogen-bond acceptors (Lipinski definition) is 6. The number of pyridine rings is 1. The Morgan fingerprint density at radius 2 is 1.75 bits per heavy atom. The number of carbonyl (C=O) groups excluding carboxylic acids is 2. The zero-order valence-corrected chi connectivity index (χ0v) is 32.5. The molecule has 1 radical (unpaired) electrons. The monoisotopic (exact) mass is 889 g/mol. The second-order valence-corrected chi connectivity index (χ2v) is 14.4. The van der Waals surface area contributed by atoms with Crippen LogP contribution in [0.3, 0.4) is 0 Å². The Bertz CT molecular complexity index is 2200. The molecule has 0 aliphatic carbocycles. The van der Waals surface area contributed by atoms with Crippen LogP contribution in [-0.2, 0) is 53.6 Å². The van der Waals surface area contributed by atoms with Gasteiger partial charge in [-0.15, -0.1) is 6.07 Å². The summed E-state index contributed by atoms with van der Waals surface area (Å²) >= 11 is 0. The maximum absolute atomic E-state index is 14.2. The largest absolute Gasteiger partial charge is 0.456 e. The molecule has 0 spiro atoms. The van der Waals surface area contributed by atoms with E-state index in [4.69, 9.17) is 9.47 Å². The number of aryl methyl sites for hydroxylation is 4. The fourth-order valence-corrected chi connectivity index (χ4v) is 6.10. The summed E-state index contributed by atoms with van der Waals surface area (Å²) < 4.78 is 39.0. The number of rotatable bonds is 11. The first-order valence-corrected chi connectivity index (χ1v) is 17.7. The van der Waals surface area contributed by atoms with Gasteiger partial charge in [-0.2, -0.15) is 23.8 Å². The van der Waals surface area contributed by atoms with E-state index in [1.807, 2.05) is 13.0 Å². The standard InChI is InChI=1S/C37H38FN3O8P.Re/c1-7-23-8-11-26(12-9-23)39-35(43)30-19-28-29(20-41(6)36(44)33(28)40-30)27-18-24(37(4,5)49-32(42)14-15-50(45,46)47)10-13-31(27)48-34-21(2)16-25(38)17-22(34)3;/h8,10-13,16-20,40H,7,14-15H2,1-6H3,(H,39,43)(H2,45,46,47);/q-1;. The summed E-state index contributed by atoms with van der Waals surface area (Å²) in [5.74, 6) is -0.940. The number of ether oxygens (including phenoxy) is 2. The number of nitrogens with zero attached hydrogens (tertiary/aromatic N) is 1. The summed E-state index contributed by atoms with van der Waals surface area (Å²) in [4.78, 5) is 60.8. The third-order valence-corrected chi connectivity index (χ3v) is 9.11. The zero-order valence-electron chi connectivity index (χ0n) is 28.9. The van der Waals surface area contributed by atoms with Crippen molar-refractivity contribution >= 4 is 36.1 Å². The number of carbonyl (C=O) groups is 2. The van der Waals surface area contributed by atoms with Crippen molar-refractivity contribution < 1.29 is 58.2 Å². The third-order valence-electron chi connectivity index (χ3n) is 8.30. The first-order chi connectivity index (χ1) is 23.5. The second-order valence-electron chi connectivity index (χ2n) is 12.6. The van der Waals surface area contributed by atoms with Crippen LogP contribution in [0.5, 0.6) is 11.5 Å². The number of fused-ring (bicyclic) bond motifs is 1. The summed E-state index contributed by atoms with van der Waals surface area (Å²) in [7, 11) is -2.85. The minimum atomic E-state index is -4.42. The van der Waals surface area contributed by atoms with Gasteiger partial charge in [0.25, 0.3) is 11.5 Å². The number of amides is 1. The summed E-state index contributed by atoms with van der Waals surface area (Å²) in [6.07, 6.45) is 1.26. The van der Waals surface area contributed by atoms with Crippen molar-refractivity contribution in [2.75, 3.05) is 11.5 Å². The van der Waals surface area contributed by atoms with Gasteiger partial charge in [0, 0.05) is 50.2 Å². The van der Waals surface area contributed by atoms with Crippen LogP contribution in [0.2, 0.25) is 0 Å². The molecule has 0 saturated heterocycles. The van der Waals surface area contributed by atoms with E-state index in [2.05, 4.69) is 16.4 Å². The van der Waals surface area contributed by atoms with Crippen molar-refractivity contribution in [3.63, 3.8) is 0 Å². The minimum Gasteiger partial charge on any atom is -0.456 e. The molecule has 0 aliphatic heterocycles. The number of benzene rings is 3. The van der Waals surface area contributed by atoms with E-state index in [-0.39, 0.29) is 37.2 Å². The van der Waals surface area contributed by atoms with Crippen LogP contribution in [0.25, 0.3) is 22.0 Å². The predicted molar refractivity (Wildman–Crippen MR) is 188 cm³/mol. The van der Waals surface area contributed by atoms with Crippen molar-refractivity contribution in [1.82, 2.24) is 9.55 Å². The van der Waals surface area contributed by atoms with E-state index in [1.165, 1.54) is 16.7 Å². The molecule has 4 N–H and O–H groups in total. The van der Waals surface area contributed by atoms with Gasteiger partial charge in [0.1, 0.15) is 34.1 Å². The van der Waals surface area contributed by atoms with Gasteiger partial charge in [-0.1, -0.05) is 25.1 Å². The van der Waals surface area contributed by atoms with E-state index < -0.39 is 43.5 Å². The van der Waals surface area contributed by atoms with E-state index in [1.54, 1.807) is 77.3 Å². The molecule has 0 aliphatic rings. The molecule has 269 valence electrons. The van der Waals surface area contributed by atoms with Gasteiger partial charge in [0.2, 0.25) is 0 Å². The molecule has 0 unspecified atom stereocenters. The number of esters is 1. The molecular formula is C37H38FN3O8PRe-. The predicted octanol–water partition coefficient (Wildman–Crippen LogP) is 7.04. The SMILES string of the molecule is CCc1[c-]cc(NC(=O)c2cc3c(-c4cc(C(C)(C)OC(=O)CCP(=O)(O)O)ccc4Oc4c(C)cc(F)cc4C)cn(C)c(=O)c3[nH]2)cc1.[Re]. The molecule has 11 nitrogen and oxygen atoms in total. The number of nitrogens with one attached hydrogen (secondary N) is 2. The quantitative estimate of drug-likeness (QED) is 0.0625. The minimum absolute atomic E-state index is 0. The number of H-pyrrole nitrogens is 1. The Hall–Kier alpha value is -4.37. The second kappa shape index (κ2) is 15.5. The average Bonchev–Trinajstić information content (AvgIpc) is 3.50. The van der Waals surface area contributed by atoms with Crippen molar-refractivity contribution in [2.24, 2.45) is 7.05 Å². The Balaban J connectivity index is 0.00000583. The zero-order chi connectivity index (χ0) is 36.5. The fraction of sp³-hybridized carbons (Fsp3) is 0.270. The van der Waals surface area contributed by atoms with Gasteiger partial charge < -0.3 is 34.1 Å². The van der Waals surface area contributed by atoms with Gasteiger partial charge in [0.05, 0.1) is 12.6 Å². The van der Waals surface area contributed by atoms with Gasteiger partial charge in [-0.05, 0) is 74.7 Å². The Morgan fingerprint density at radius 3 is 2.35 bits per heavy atom. The number of hydrogen-bond donors (Lipinski definition) is 4. The van der Waals surface area contributed by atoms with Gasteiger partial charge in [-0.25, -0.2) is 4.39 Å². The number of aromatic nitrogens is 2. The van der Waals surface area contributed by atoms with Crippen LogP contribution in [0, 0.1) is 25.7 Å². The normalized spacial score (nSPS) is 11.6. The van der Waals surface area contributed by atoms with Crippen molar-refractivity contribution in [3.05, 3.63) is 111 Å². The molecule has 0 saturated carbocycles. The third kappa shape index (κ3) is 9.11. The van der Waals surface area contributed by atoms with Crippen LogP contribution in [0.15, 0.2) is 65.6 Å². The van der Waals surface area contributed by atoms with E-state index in [9.17, 15) is 33.1 Å². The molecule has 5 aromatic rings. The van der Waals surface area contributed by atoms with E-state index >= 15 is 0 Å². The van der Waals surface area contributed by atoms with Gasteiger partial charge in [-0.3, -0.25) is 18.9 Å². The summed E-state index contributed by atoms with van der Waals surface area (Å²) in [6.45, 7) is 8.71. The average molecular weight is 889 g/mol. The Morgan fingerprint density at radius 1 is 1.06 bits per heavy atom. The smallest absolute Gasteiger partial charge is 0.326 e. The van der Waals surface area contributed by atoms with Crippen molar-refractivity contribution in [3.8, 4) is 22.6 Å². The van der Waals surface area contributed by atoms with Crippen LogP contribution >= 0.6 is 7.60 Å². The Kier molecular flexibility index (Phi) is 12.0. The van der Waals surface area contributed by atoms with Gasteiger partial charge in [0.15, 0.2) is 0 Å². The van der Waals surface area contributed by atoms with E-state index in [0.29, 0.717) is 50.4 Å². The van der Waals surface area contributed by atoms with Gasteiger partial charge >= 0.3 is 13.6 Å². The van der Waals surface area contributed by atoms with E-state index in [0.717, 1.165) is 12.0 Å². The van der Waals surface area contributed by atoms with Crippen LogP contribution in [0.4, 0.5) is 10.1 Å². The topological polar surface area (TPSA) is 160 Å². The van der Waals surface area contributed by atoms with Crippen LogP contribution in [-0.4, -0.2) is 37.4 Å². The maximum atomic E-state index is 14.2. The molecule has 0 atom stereocenters. The molecule has 14 heteroatoms. The van der Waals surface area contributed by atoms with Crippen molar-refractivity contribution in [2.45, 2.75) is 53.1 Å². The maximum Gasteiger partial charge on any atom is 0.326 e. The summed E-state index contributed by atoms with van der Waals surface area (Å²) in [5.41, 5.74) is 2.72. The van der Waals surface area contributed by atoms with Crippen molar-refractivity contribution in [1.29, 1.82) is 0 Å². The molecule has 1 amide bonds. The molecule has 0 fully saturated rings. The molecular weight excluding hydrogens is 851 g/mol. The molecule has 2 heterocycles. The number of halogens is 1. The molecule has 0 bridgehead atoms. The molecule has 5 rings (SSSR count). The van der Waals surface area contributed by atoms with Crippen LogP contribution in [0.1, 0.15) is 59.9 Å². The summed E-state index contributed by atoms with van der Waals surface area (Å²) in [6, 6.07) is 17.8. The Labute approximate surface area is 308 Å². The number of aromatic amines is 1. The first-order valence-electron chi connectivity index (χ1n) is 15.9. The molecule has 51 heavy (non-hydrogen) atoms. The fourth-order valence-electron chi connectivity index (χ4n) is 5.63. The number of anilines is 1. The van der Waals surface area contributed by atoms with Crippen LogP contribution < -0.4 is 15.6 Å². The first kappa shape index (κ1) is 39.4. The molecule has 3 aromatic carbocycles. The summed E-state index contributed by atoms with van der Waals surface area (Å²) in [5, 5.41) is 3.24.